The van der Waals surface area contributed by atoms with Gasteiger partial charge >= 0.3 is 0 Å². The maximum atomic E-state index is 10.9. The van der Waals surface area contributed by atoms with Crippen molar-refractivity contribution in [2.45, 2.75) is 18.9 Å². The van der Waals surface area contributed by atoms with Gasteiger partial charge in [-0.1, -0.05) is 0 Å². The SMILES string of the molecule is NC1CC(CNc2cc(=O)[nH]cn2)C1. The highest BCUT2D eigenvalue weighted by atomic mass is 16.1. The number of anilines is 1. The van der Waals surface area contributed by atoms with Crippen molar-refractivity contribution in [2.24, 2.45) is 11.7 Å². The first-order valence-electron chi connectivity index (χ1n) is 4.78. The Bertz CT molecular complexity index is 356. The van der Waals surface area contributed by atoms with E-state index in [0.717, 1.165) is 19.4 Å². The van der Waals surface area contributed by atoms with Gasteiger partial charge in [0.25, 0.3) is 5.56 Å². The van der Waals surface area contributed by atoms with E-state index < -0.39 is 0 Å². The summed E-state index contributed by atoms with van der Waals surface area (Å²) in [4.78, 5) is 17.4. The Morgan fingerprint density at radius 3 is 3.07 bits per heavy atom. The molecule has 1 aliphatic rings. The number of nitrogens with two attached hydrogens (primary N) is 1. The van der Waals surface area contributed by atoms with Crippen LogP contribution in [-0.2, 0) is 0 Å². The minimum atomic E-state index is -0.132. The first kappa shape index (κ1) is 9.21. The predicted octanol–water partition coefficient (Wildman–Crippen LogP) is -0.0809. The molecule has 1 aromatic heterocycles. The molecule has 0 aliphatic heterocycles. The van der Waals surface area contributed by atoms with Crippen LogP contribution in [0, 0.1) is 5.92 Å². The molecule has 4 N–H and O–H groups in total. The number of hydrogen-bond donors (Lipinski definition) is 3. The Kier molecular flexibility index (Phi) is 2.49. The fourth-order valence-corrected chi connectivity index (χ4v) is 1.67. The monoisotopic (exact) mass is 194 g/mol. The molecule has 0 bridgehead atoms. The quantitative estimate of drug-likeness (QED) is 0.628. The second kappa shape index (κ2) is 3.79. The molecule has 0 amide bonds. The molecule has 5 nitrogen and oxygen atoms in total. The second-order valence-electron chi connectivity index (χ2n) is 3.77. The molecular formula is C9H14N4O. The summed E-state index contributed by atoms with van der Waals surface area (Å²) in [5.41, 5.74) is 5.53. The number of hydrogen-bond acceptors (Lipinski definition) is 4. The topological polar surface area (TPSA) is 83.8 Å². The number of aromatic nitrogens is 2. The van der Waals surface area contributed by atoms with Gasteiger partial charge in [-0.3, -0.25) is 4.79 Å². The lowest BCUT2D eigenvalue weighted by Gasteiger charge is -2.32. The van der Waals surface area contributed by atoms with E-state index in [4.69, 9.17) is 5.73 Å². The Labute approximate surface area is 81.7 Å². The summed E-state index contributed by atoms with van der Waals surface area (Å²) in [6, 6.07) is 1.83. The van der Waals surface area contributed by atoms with Gasteiger partial charge in [-0.15, -0.1) is 0 Å². The van der Waals surface area contributed by atoms with Crippen molar-refractivity contribution in [1.82, 2.24) is 9.97 Å². The van der Waals surface area contributed by atoms with E-state index >= 15 is 0 Å². The lowest BCUT2D eigenvalue weighted by atomic mass is 9.81. The van der Waals surface area contributed by atoms with Gasteiger partial charge in [0.15, 0.2) is 0 Å². The molecule has 1 fully saturated rings. The zero-order valence-corrected chi connectivity index (χ0v) is 7.86. The molecule has 1 heterocycles. The zero-order chi connectivity index (χ0) is 9.97. The highest BCUT2D eigenvalue weighted by molar-refractivity contribution is 5.31. The molecule has 0 spiro atoms. The summed E-state index contributed by atoms with van der Waals surface area (Å²) in [6.07, 6.45) is 3.53. The molecule has 2 rings (SSSR count). The Morgan fingerprint density at radius 1 is 1.64 bits per heavy atom. The molecular weight excluding hydrogens is 180 g/mol. The Morgan fingerprint density at radius 2 is 2.43 bits per heavy atom. The molecule has 1 aliphatic carbocycles. The Balaban J connectivity index is 1.83. The normalized spacial score (nSPS) is 25.5. The molecule has 5 heteroatoms. The van der Waals surface area contributed by atoms with Crippen molar-refractivity contribution in [3.05, 3.63) is 22.7 Å². The summed E-state index contributed by atoms with van der Waals surface area (Å²) in [6.45, 7) is 0.851. The van der Waals surface area contributed by atoms with E-state index in [9.17, 15) is 4.79 Å². The first-order valence-corrected chi connectivity index (χ1v) is 4.78. The van der Waals surface area contributed by atoms with E-state index in [0.29, 0.717) is 17.8 Å². The number of H-pyrrole nitrogens is 1. The molecule has 0 atom stereocenters. The summed E-state index contributed by atoms with van der Waals surface area (Å²) in [7, 11) is 0. The minimum Gasteiger partial charge on any atom is -0.370 e. The maximum Gasteiger partial charge on any atom is 0.252 e. The van der Waals surface area contributed by atoms with Crippen molar-refractivity contribution in [1.29, 1.82) is 0 Å². The van der Waals surface area contributed by atoms with Crippen LogP contribution < -0.4 is 16.6 Å². The van der Waals surface area contributed by atoms with Crippen LogP contribution in [0.15, 0.2) is 17.2 Å². The van der Waals surface area contributed by atoms with Crippen LogP contribution in [0.2, 0.25) is 0 Å². The largest absolute Gasteiger partial charge is 0.370 e. The lowest BCUT2D eigenvalue weighted by Crippen LogP contribution is -2.39. The van der Waals surface area contributed by atoms with Gasteiger partial charge in [-0.05, 0) is 18.8 Å². The van der Waals surface area contributed by atoms with Crippen molar-refractivity contribution < 1.29 is 0 Å². The summed E-state index contributed by atoms with van der Waals surface area (Å²) < 4.78 is 0. The van der Waals surface area contributed by atoms with Crippen LogP contribution in [0.3, 0.4) is 0 Å². The van der Waals surface area contributed by atoms with Gasteiger partial charge in [-0.25, -0.2) is 4.98 Å². The van der Waals surface area contributed by atoms with Gasteiger partial charge in [-0.2, -0.15) is 0 Å². The highest BCUT2D eigenvalue weighted by Gasteiger charge is 2.25. The highest BCUT2D eigenvalue weighted by Crippen LogP contribution is 2.25. The van der Waals surface area contributed by atoms with E-state index in [2.05, 4.69) is 15.3 Å². The molecule has 0 aromatic carbocycles. The van der Waals surface area contributed by atoms with Crippen LogP contribution in [0.1, 0.15) is 12.8 Å². The third-order valence-corrected chi connectivity index (χ3v) is 2.52. The summed E-state index contributed by atoms with van der Waals surface area (Å²) in [5, 5.41) is 3.12. The fraction of sp³-hybridized carbons (Fsp3) is 0.556. The zero-order valence-electron chi connectivity index (χ0n) is 7.86. The van der Waals surface area contributed by atoms with Crippen molar-refractivity contribution in [3.63, 3.8) is 0 Å². The van der Waals surface area contributed by atoms with E-state index in [1.165, 1.54) is 12.4 Å². The Hall–Kier alpha value is -1.36. The number of rotatable bonds is 3. The predicted molar refractivity (Wildman–Crippen MR) is 54.0 cm³/mol. The van der Waals surface area contributed by atoms with Crippen molar-refractivity contribution >= 4 is 5.82 Å². The van der Waals surface area contributed by atoms with Crippen LogP contribution in [0.5, 0.6) is 0 Å². The van der Waals surface area contributed by atoms with Gasteiger partial charge in [0, 0.05) is 18.7 Å². The molecule has 0 radical (unpaired) electrons. The maximum absolute atomic E-state index is 10.9. The fourth-order valence-electron chi connectivity index (χ4n) is 1.67. The van der Waals surface area contributed by atoms with Gasteiger partial charge in [0.2, 0.25) is 0 Å². The van der Waals surface area contributed by atoms with E-state index in [1.807, 2.05) is 0 Å². The minimum absolute atomic E-state index is 0.132. The van der Waals surface area contributed by atoms with Crippen LogP contribution in [-0.4, -0.2) is 22.6 Å². The van der Waals surface area contributed by atoms with E-state index in [1.54, 1.807) is 0 Å². The van der Waals surface area contributed by atoms with Gasteiger partial charge < -0.3 is 16.0 Å². The van der Waals surface area contributed by atoms with Crippen LogP contribution in [0.25, 0.3) is 0 Å². The second-order valence-corrected chi connectivity index (χ2v) is 3.77. The molecule has 14 heavy (non-hydrogen) atoms. The third kappa shape index (κ3) is 2.11. The molecule has 76 valence electrons. The van der Waals surface area contributed by atoms with Gasteiger partial charge in [0.05, 0.1) is 6.33 Å². The number of aromatic amines is 1. The first-order chi connectivity index (χ1) is 6.74. The smallest absolute Gasteiger partial charge is 0.252 e. The van der Waals surface area contributed by atoms with Crippen LogP contribution >= 0.6 is 0 Å². The van der Waals surface area contributed by atoms with Gasteiger partial charge in [0.1, 0.15) is 5.82 Å². The average Bonchev–Trinajstić information content (AvgIpc) is 2.11. The standard InChI is InChI=1S/C9H14N4O/c10-7-1-6(2-7)4-11-8-3-9(14)13-5-12-8/h3,5-7H,1-2,4,10H2,(H2,11,12,13,14). The van der Waals surface area contributed by atoms with E-state index in [-0.39, 0.29) is 5.56 Å². The molecule has 1 saturated carbocycles. The third-order valence-electron chi connectivity index (χ3n) is 2.52. The molecule has 1 aromatic rings. The molecule has 0 unspecified atom stereocenters. The summed E-state index contributed by atoms with van der Waals surface area (Å²) in [5.74, 6) is 1.26. The summed E-state index contributed by atoms with van der Waals surface area (Å²) >= 11 is 0. The number of nitrogens with one attached hydrogen (secondary N) is 2. The lowest BCUT2D eigenvalue weighted by molar-refractivity contribution is 0.280. The number of nitrogens with zero attached hydrogens (tertiary/aromatic N) is 1. The van der Waals surface area contributed by atoms with Crippen LogP contribution in [0.4, 0.5) is 5.82 Å². The molecule has 0 saturated heterocycles. The average molecular weight is 194 g/mol. The van der Waals surface area contributed by atoms with Crippen molar-refractivity contribution in [2.75, 3.05) is 11.9 Å². The van der Waals surface area contributed by atoms with Crippen molar-refractivity contribution in [3.8, 4) is 0 Å².